The van der Waals surface area contributed by atoms with E-state index in [-0.39, 0.29) is 5.02 Å². The van der Waals surface area contributed by atoms with Gasteiger partial charge < -0.3 is 15.8 Å². The van der Waals surface area contributed by atoms with E-state index in [1.54, 1.807) is 6.07 Å². The Bertz CT molecular complexity index is 863. The van der Waals surface area contributed by atoms with Crippen molar-refractivity contribution in [3.05, 3.63) is 52.4 Å². The van der Waals surface area contributed by atoms with Crippen LogP contribution in [-0.4, -0.2) is 23.2 Å². The molecule has 1 aromatic carbocycles. The first-order valence-electron chi connectivity index (χ1n) is 9.09. The first kappa shape index (κ1) is 22.1. The lowest BCUT2D eigenvalue weighted by molar-refractivity contribution is 0.0470. The molecule has 0 aliphatic rings. The number of carbonyl (C=O) groups is 1. The van der Waals surface area contributed by atoms with Gasteiger partial charge in [-0.05, 0) is 77.1 Å². The SMILES string of the molecule is CC(C)(C)OC(=O)NC(C)(C)c1cc(CCN)nc(-c2ccc(F)c(Cl)c2)c1. The third kappa shape index (κ3) is 5.91. The van der Waals surface area contributed by atoms with Crippen LogP contribution in [0.5, 0.6) is 0 Å². The van der Waals surface area contributed by atoms with Crippen molar-refractivity contribution in [2.45, 2.75) is 52.2 Å². The second-order valence-corrected chi connectivity index (χ2v) is 8.56. The van der Waals surface area contributed by atoms with Gasteiger partial charge in [0, 0.05) is 17.7 Å². The predicted molar refractivity (Wildman–Crippen MR) is 110 cm³/mol. The normalized spacial score (nSPS) is 12.0. The quantitative estimate of drug-likeness (QED) is 0.746. The van der Waals surface area contributed by atoms with Crippen molar-refractivity contribution in [3.63, 3.8) is 0 Å². The Morgan fingerprint density at radius 3 is 2.46 bits per heavy atom. The van der Waals surface area contributed by atoms with Crippen LogP contribution >= 0.6 is 11.6 Å². The highest BCUT2D eigenvalue weighted by molar-refractivity contribution is 6.31. The molecule has 1 aromatic heterocycles. The third-order valence-electron chi connectivity index (χ3n) is 4.03. The topological polar surface area (TPSA) is 77.2 Å². The molecule has 28 heavy (non-hydrogen) atoms. The third-order valence-corrected chi connectivity index (χ3v) is 4.32. The average Bonchev–Trinajstić information content (AvgIpc) is 2.55. The second kappa shape index (κ2) is 8.45. The molecule has 2 rings (SSSR count). The number of aromatic nitrogens is 1. The summed E-state index contributed by atoms with van der Waals surface area (Å²) in [6.07, 6.45) is 0.0548. The molecule has 152 valence electrons. The van der Waals surface area contributed by atoms with Crippen molar-refractivity contribution in [2.24, 2.45) is 5.73 Å². The van der Waals surface area contributed by atoms with E-state index in [1.165, 1.54) is 12.1 Å². The van der Waals surface area contributed by atoms with Gasteiger partial charge in [-0.2, -0.15) is 0 Å². The van der Waals surface area contributed by atoms with Crippen molar-refractivity contribution in [1.29, 1.82) is 0 Å². The zero-order valence-corrected chi connectivity index (χ0v) is 17.7. The van der Waals surface area contributed by atoms with Crippen LogP contribution in [0.3, 0.4) is 0 Å². The van der Waals surface area contributed by atoms with Crippen molar-refractivity contribution < 1.29 is 13.9 Å². The molecule has 1 amide bonds. The minimum absolute atomic E-state index is 0.0243. The van der Waals surface area contributed by atoms with E-state index in [9.17, 15) is 9.18 Å². The lowest BCUT2D eigenvalue weighted by Crippen LogP contribution is -2.43. The fourth-order valence-corrected chi connectivity index (χ4v) is 2.84. The van der Waals surface area contributed by atoms with Gasteiger partial charge in [-0.25, -0.2) is 9.18 Å². The molecule has 5 nitrogen and oxygen atoms in total. The molecule has 7 heteroatoms. The summed E-state index contributed by atoms with van der Waals surface area (Å²) in [5.41, 5.74) is 7.28. The molecule has 0 spiro atoms. The number of rotatable bonds is 5. The number of ether oxygens (including phenoxy) is 1. The van der Waals surface area contributed by atoms with Crippen LogP contribution < -0.4 is 11.1 Å². The molecule has 0 aliphatic carbocycles. The number of benzene rings is 1. The lowest BCUT2D eigenvalue weighted by atomic mass is 9.92. The molecule has 2 aromatic rings. The molecule has 0 aliphatic heterocycles. The second-order valence-electron chi connectivity index (χ2n) is 8.15. The Kier molecular flexibility index (Phi) is 6.67. The zero-order chi connectivity index (χ0) is 21.1. The number of carbonyl (C=O) groups excluding carboxylic acids is 1. The number of nitrogens with zero attached hydrogens (tertiary/aromatic N) is 1. The number of pyridine rings is 1. The minimum Gasteiger partial charge on any atom is -0.444 e. The molecule has 0 radical (unpaired) electrons. The maximum absolute atomic E-state index is 13.5. The summed E-state index contributed by atoms with van der Waals surface area (Å²) < 4.78 is 18.9. The number of hydrogen-bond acceptors (Lipinski definition) is 4. The highest BCUT2D eigenvalue weighted by Gasteiger charge is 2.27. The maximum atomic E-state index is 13.5. The van der Waals surface area contributed by atoms with E-state index in [0.717, 1.165) is 11.3 Å². The molecule has 0 saturated heterocycles. The van der Waals surface area contributed by atoms with Gasteiger partial charge in [0.05, 0.1) is 16.3 Å². The van der Waals surface area contributed by atoms with Gasteiger partial charge in [0.2, 0.25) is 0 Å². The molecule has 0 unspecified atom stereocenters. The van der Waals surface area contributed by atoms with E-state index in [0.29, 0.717) is 24.2 Å². The number of amides is 1. The fourth-order valence-electron chi connectivity index (χ4n) is 2.66. The summed E-state index contributed by atoms with van der Waals surface area (Å²) in [6, 6.07) is 8.20. The average molecular weight is 408 g/mol. The Morgan fingerprint density at radius 1 is 1.21 bits per heavy atom. The maximum Gasteiger partial charge on any atom is 0.408 e. The number of nitrogens with two attached hydrogens (primary N) is 1. The van der Waals surface area contributed by atoms with Crippen LogP contribution in [0.15, 0.2) is 30.3 Å². The largest absolute Gasteiger partial charge is 0.444 e. The van der Waals surface area contributed by atoms with Gasteiger partial charge >= 0.3 is 6.09 Å². The first-order valence-corrected chi connectivity index (χ1v) is 9.47. The predicted octanol–water partition coefficient (Wildman–Crippen LogP) is 4.80. The summed E-state index contributed by atoms with van der Waals surface area (Å²) >= 11 is 5.93. The smallest absolute Gasteiger partial charge is 0.408 e. The minimum atomic E-state index is -0.729. The van der Waals surface area contributed by atoms with Gasteiger partial charge in [-0.1, -0.05) is 11.6 Å². The molecule has 3 N–H and O–H groups in total. The lowest BCUT2D eigenvalue weighted by Gasteiger charge is -2.29. The summed E-state index contributed by atoms with van der Waals surface area (Å²) in [5, 5.41) is 2.92. The number of hydrogen-bond donors (Lipinski definition) is 2. The number of nitrogens with one attached hydrogen (secondary N) is 1. The van der Waals surface area contributed by atoms with Crippen molar-refractivity contribution in [1.82, 2.24) is 10.3 Å². The molecular weight excluding hydrogens is 381 g/mol. The van der Waals surface area contributed by atoms with Crippen LogP contribution in [0.25, 0.3) is 11.3 Å². The number of halogens is 2. The molecule has 0 atom stereocenters. The van der Waals surface area contributed by atoms with Gasteiger partial charge in [0.1, 0.15) is 11.4 Å². The molecule has 0 saturated carbocycles. The van der Waals surface area contributed by atoms with Crippen LogP contribution in [0.2, 0.25) is 5.02 Å². The van der Waals surface area contributed by atoms with Gasteiger partial charge in [0.25, 0.3) is 0 Å². The summed E-state index contributed by atoms with van der Waals surface area (Å²) in [5.74, 6) is -0.490. The summed E-state index contributed by atoms with van der Waals surface area (Å²) in [4.78, 5) is 16.9. The van der Waals surface area contributed by atoms with Gasteiger partial charge in [0.15, 0.2) is 0 Å². The fraction of sp³-hybridized carbons (Fsp3) is 0.429. The van der Waals surface area contributed by atoms with Crippen LogP contribution in [0, 0.1) is 5.82 Å². The van der Waals surface area contributed by atoms with E-state index >= 15 is 0 Å². The Labute approximate surface area is 170 Å². The van der Waals surface area contributed by atoms with Crippen LogP contribution in [-0.2, 0) is 16.7 Å². The van der Waals surface area contributed by atoms with Crippen molar-refractivity contribution in [3.8, 4) is 11.3 Å². The van der Waals surface area contributed by atoms with E-state index in [1.807, 2.05) is 46.8 Å². The van der Waals surface area contributed by atoms with E-state index in [4.69, 9.17) is 22.1 Å². The van der Waals surface area contributed by atoms with E-state index in [2.05, 4.69) is 10.3 Å². The van der Waals surface area contributed by atoms with Crippen molar-refractivity contribution in [2.75, 3.05) is 6.54 Å². The van der Waals surface area contributed by atoms with Gasteiger partial charge in [-0.3, -0.25) is 4.98 Å². The molecule has 1 heterocycles. The van der Waals surface area contributed by atoms with Gasteiger partial charge in [-0.15, -0.1) is 0 Å². The summed E-state index contributed by atoms with van der Waals surface area (Å²) in [6.45, 7) is 9.60. The van der Waals surface area contributed by atoms with Crippen molar-refractivity contribution >= 4 is 17.7 Å². The number of alkyl carbamates (subject to hydrolysis) is 1. The Hall–Kier alpha value is -2.18. The molecule has 0 bridgehead atoms. The highest BCUT2D eigenvalue weighted by Crippen LogP contribution is 2.29. The van der Waals surface area contributed by atoms with Crippen LogP contribution in [0.4, 0.5) is 9.18 Å². The van der Waals surface area contributed by atoms with E-state index < -0.39 is 23.1 Å². The zero-order valence-electron chi connectivity index (χ0n) is 16.9. The molecular formula is C21H27ClFN3O2. The Balaban J connectivity index is 2.43. The highest BCUT2D eigenvalue weighted by atomic mass is 35.5. The monoisotopic (exact) mass is 407 g/mol. The standard InChI is InChI=1S/C21H27ClFN3O2/c1-20(2,3)28-19(27)26-21(4,5)14-11-15(8-9-24)25-18(12-14)13-6-7-17(23)16(22)10-13/h6-7,10-12H,8-9,24H2,1-5H3,(H,26,27). The van der Waals surface area contributed by atoms with Crippen LogP contribution in [0.1, 0.15) is 45.9 Å². The Morgan fingerprint density at radius 2 is 1.89 bits per heavy atom. The first-order chi connectivity index (χ1) is 12.9. The molecule has 0 fully saturated rings. The summed E-state index contributed by atoms with van der Waals surface area (Å²) in [7, 11) is 0.